The van der Waals surface area contributed by atoms with Gasteiger partial charge in [-0.2, -0.15) is 0 Å². The van der Waals surface area contributed by atoms with E-state index in [1.807, 2.05) is 6.92 Å². The van der Waals surface area contributed by atoms with Gasteiger partial charge in [-0.25, -0.2) is 8.42 Å². The topological polar surface area (TPSA) is 66.5 Å². The second-order valence-electron chi connectivity index (χ2n) is 5.12. The van der Waals surface area contributed by atoms with E-state index < -0.39 is 10.0 Å². The molecule has 118 valence electrons. The normalized spacial score (nSPS) is 12.8. The van der Waals surface area contributed by atoms with Crippen LogP contribution in [-0.4, -0.2) is 38.6 Å². The maximum Gasteiger partial charge on any atom is 0.253 e. The largest absolute Gasteiger partial charge is 0.339 e. The number of carbonyl (C=O) groups excluding carboxylic acids is 1. The maximum atomic E-state index is 12.4. The van der Waals surface area contributed by atoms with Crippen molar-refractivity contribution in [2.75, 3.05) is 18.0 Å². The van der Waals surface area contributed by atoms with E-state index in [9.17, 15) is 13.2 Å². The van der Waals surface area contributed by atoms with E-state index in [0.717, 1.165) is 19.1 Å². The van der Waals surface area contributed by atoms with Gasteiger partial charge >= 0.3 is 0 Å². The van der Waals surface area contributed by atoms with Crippen molar-refractivity contribution in [2.45, 2.75) is 32.7 Å². The van der Waals surface area contributed by atoms with E-state index in [0.29, 0.717) is 5.56 Å². The molecule has 1 aromatic carbocycles. The van der Waals surface area contributed by atoms with E-state index >= 15 is 0 Å². The van der Waals surface area contributed by atoms with Crippen molar-refractivity contribution < 1.29 is 13.2 Å². The van der Waals surface area contributed by atoms with Crippen LogP contribution in [0.4, 0.5) is 5.69 Å². The molecule has 0 saturated heterocycles. The molecule has 1 aromatic rings. The molecule has 1 atom stereocenters. The molecule has 5 nitrogen and oxygen atoms in total. The Kier molecular flexibility index (Phi) is 6.04. The van der Waals surface area contributed by atoms with Crippen molar-refractivity contribution >= 4 is 33.2 Å². The molecule has 0 saturated carbocycles. The third kappa shape index (κ3) is 5.21. The Morgan fingerprint density at radius 3 is 2.57 bits per heavy atom. The van der Waals surface area contributed by atoms with Crippen LogP contribution < -0.4 is 4.72 Å². The number of sulfonamides is 1. The number of anilines is 1. The number of amides is 1. The van der Waals surface area contributed by atoms with Crippen molar-refractivity contribution in [3.63, 3.8) is 0 Å². The molecule has 7 heteroatoms. The van der Waals surface area contributed by atoms with Gasteiger partial charge < -0.3 is 4.90 Å². The zero-order valence-corrected chi connectivity index (χ0v) is 14.3. The first kappa shape index (κ1) is 17.8. The standard InChI is InChI=1S/C14H21ClN2O3S/c1-5-6-10(2)17(3)14(18)11-7-8-12(15)13(9-11)16-21(4,19)20/h7-10,16H,5-6H2,1-4H3. The second-order valence-corrected chi connectivity index (χ2v) is 7.28. The van der Waals surface area contributed by atoms with Crippen molar-refractivity contribution in [1.29, 1.82) is 0 Å². The fourth-order valence-electron chi connectivity index (χ4n) is 1.95. The molecule has 0 heterocycles. The van der Waals surface area contributed by atoms with Gasteiger partial charge in [-0.15, -0.1) is 0 Å². The number of halogens is 1. The summed E-state index contributed by atoms with van der Waals surface area (Å²) in [5.41, 5.74) is 0.609. The van der Waals surface area contributed by atoms with Crippen LogP contribution in [0.2, 0.25) is 5.02 Å². The predicted molar refractivity (Wildman–Crippen MR) is 86.4 cm³/mol. The van der Waals surface area contributed by atoms with Gasteiger partial charge in [0.15, 0.2) is 0 Å². The van der Waals surface area contributed by atoms with Crippen molar-refractivity contribution in [1.82, 2.24) is 4.90 Å². The van der Waals surface area contributed by atoms with Crippen LogP contribution in [0.3, 0.4) is 0 Å². The number of hydrogen-bond donors (Lipinski definition) is 1. The van der Waals surface area contributed by atoms with Crippen LogP contribution in [0.5, 0.6) is 0 Å². The van der Waals surface area contributed by atoms with E-state index in [1.165, 1.54) is 12.1 Å². The highest BCUT2D eigenvalue weighted by Crippen LogP contribution is 2.25. The first-order valence-electron chi connectivity index (χ1n) is 6.70. The van der Waals surface area contributed by atoms with Crippen LogP contribution >= 0.6 is 11.6 Å². The lowest BCUT2D eigenvalue weighted by molar-refractivity contribution is 0.0737. The van der Waals surface area contributed by atoms with E-state index in [4.69, 9.17) is 11.6 Å². The zero-order chi connectivity index (χ0) is 16.2. The highest BCUT2D eigenvalue weighted by atomic mass is 35.5. The lowest BCUT2D eigenvalue weighted by Gasteiger charge is -2.25. The maximum absolute atomic E-state index is 12.4. The summed E-state index contributed by atoms with van der Waals surface area (Å²) in [6.45, 7) is 4.04. The molecule has 0 spiro atoms. The number of hydrogen-bond acceptors (Lipinski definition) is 3. The Labute approximate surface area is 131 Å². The Bertz CT molecular complexity index is 617. The molecule has 1 rings (SSSR count). The number of carbonyl (C=O) groups is 1. The number of nitrogens with zero attached hydrogens (tertiary/aromatic N) is 1. The number of rotatable bonds is 6. The van der Waals surface area contributed by atoms with Crippen molar-refractivity contribution in [3.8, 4) is 0 Å². The van der Waals surface area contributed by atoms with Crippen molar-refractivity contribution in [3.05, 3.63) is 28.8 Å². The van der Waals surface area contributed by atoms with Gasteiger partial charge in [0.1, 0.15) is 0 Å². The fraction of sp³-hybridized carbons (Fsp3) is 0.500. The third-order valence-electron chi connectivity index (χ3n) is 3.20. The smallest absolute Gasteiger partial charge is 0.253 e. The highest BCUT2D eigenvalue weighted by Gasteiger charge is 2.18. The molecule has 0 aliphatic carbocycles. The quantitative estimate of drug-likeness (QED) is 0.870. The Balaban J connectivity index is 3.03. The average molecular weight is 333 g/mol. The van der Waals surface area contributed by atoms with E-state index in [2.05, 4.69) is 11.6 Å². The van der Waals surface area contributed by atoms with Crippen LogP contribution in [0.1, 0.15) is 37.0 Å². The molecular weight excluding hydrogens is 312 g/mol. The summed E-state index contributed by atoms with van der Waals surface area (Å²) in [7, 11) is -1.71. The molecule has 0 aliphatic rings. The van der Waals surface area contributed by atoms with Crippen LogP contribution in [-0.2, 0) is 10.0 Å². The third-order valence-corrected chi connectivity index (χ3v) is 4.12. The molecule has 0 aromatic heterocycles. The Morgan fingerprint density at radius 1 is 1.43 bits per heavy atom. The zero-order valence-electron chi connectivity index (χ0n) is 12.7. The summed E-state index contributed by atoms with van der Waals surface area (Å²) >= 11 is 5.95. The molecule has 0 aliphatic heterocycles. The van der Waals surface area contributed by atoms with Crippen LogP contribution in [0, 0.1) is 0 Å². The van der Waals surface area contributed by atoms with Gasteiger partial charge in [0.2, 0.25) is 10.0 Å². The minimum Gasteiger partial charge on any atom is -0.339 e. The van der Waals surface area contributed by atoms with Crippen LogP contribution in [0.15, 0.2) is 18.2 Å². The summed E-state index contributed by atoms with van der Waals surface area (Å²) in [5.74, 6) is -0.163. The highest BCUT2D eigenvalue weighted by molar-refractivity contribution is 7.92. The Hall–Kier alpha value is -1.27. The predicted octanol–water partition coefficient (Wildman–Crippen LogP) is 2.97. The first-order valence-corrected chi connectivity index (χ1v) is 8.97. The lowest BCUT2D eigenvalue weighted by Crippen LogP contribution is -2.35. The Morgan fingerprint density at radius 2 is 2.05 bits per heavy atom. The van der Waals surface area contributed by atoms with Crippen molar-refractivity contribution in [2.24, 2.45) is 0 Å². The summed E-state index contributed by atoms with van der Waals surface area (Å²) in [4.78, 5) is 14.0. The summed E-state index contributed by atoms with van der Waals surface area (Å²) in [5, 5.41) is 0.251. The summed E-state index contributed by atoms with van der Waals surface area (Å²) < 4.78 is 24.9. The molecular formula is C14H21ClN2O3S. The molecule has 1 unspecified atom stereocenters. The molecule has 1 amide bonds. The molecule has 21 heavy (non-hydrogen) atoms. The van der Waals surface area contributed by atoms with E-state index in [1.54, 1.807) is 18.0 Å². The SMILES string of the molecule is CCCC(C)N(C)C(=O)c1ccc(Cl)c(NS(C)(=O)=O)c1. The van der Waals surface area contributed by atoms with Gasteiger partial charge in [-0.3, -0.25) is 9.52 Å². The van der Waals surface area contributed by atoms with Crippen LogP contribution in [0.25, 0.3) is 0 Å². The minimum atomic E-state index is -3.45. The average Bonchev–Trinajstić information content (AvgIpc) is 2.38. The number of benzene rings is 1. The molecule has 0 radical (unpaired) electrons. The lowest BCUT2D eigenvalue weighted by atomic mass is 10.1. The minimum absolute atomic E-state index is 0.115. The molecule has 0 fully saturated rings. The summed E-state index contributed by atoms with van der Waals surface area (Å²) in [6, 6.07) is 4.68. The second kappa shape index (κ2) is 7.13. The van der Waals surface area contributed by atoms with Gasteiger partial charge in [-0.05, 0) is 31.5 Å². The molecule has 0 bridgehead atoms. The van der Waals surface area contributed by atoms with Gasteiger partial charge in [0.25, 0.3) is 5.91 Å². The van der Waals surface area contributed by atoms with Gasteiger partial charge in [0.05, 0.1) is 17.0 Å². The van der Waals surface area contributed by atoms with Gasteiger partial charge in [-0.1, -0.05) is 24.9 Å². The number of nitrogens with one attached hydrogen (secondary N) is 1. The summed E-state index contributed by atoms with van der Waals surface area (Å²) in [6.07, 6.45) is 2.93. The fourth-order valence-corrected chi connectivity index (χ4v) is 2.74. The first-order chi connectivity index (χ1) is 9.65. The molecule has 1 N–H and O–H groups in total. The van der Waals surface area contributed by atoms with E-state index in [-0.39, 0.29) is 22.7 Å². The monoisotopic (exact) mass is 332 g/mol. The van der Waals surface area contributed by atoms with Gasteiger partial charge in [0, 0.05) is 18.7 Å².